The Balaban J connectivity index is 1.45. The second-order valence-corrected chi connectivity index (χ2v) is 7.97. The molecule has 5 nitrogen and oxygen atoms in total. The second-order valence-electron chi connectivity index (χ2n) is 7.97. The van der Waals surface area contributed by atoms with Gasteiger partial charge in [0.1, 0.15) is 0 Å². The molecule has 0 amide bonds. The van der Waals surface area contributed by atoms with E-state index in [-0.39, 0.29) is 0 Å². The Morgan fingerprint density at radius 3 is 2.79 bits per heavy atom. The Labute approximate surface area is 170 Å². The normalized spacial score (nSPS) is 16.6. The number of guanidine groups is 1. The highest BCUT2D eigenvalue weighted by Gasteiger charge is 2.17. The lowest BCUT2D eigenvalue weighted by Crippen LogP contribution is -2.38. The molecular formula is C23H37N5. The summed E-state index contributed by atoms with van der Waals surface area (Å²) in [6, 6.07) is 6.62. The van der Waals surface area contributed by atoms with Gasteiger partial charge in [0, 0.05) is 36.7 Å². The van der Waals surface area contributed by atoms with Crippen molar-refractivity contribution >= 4 is 16.9 Å². The molecule has 154 valence electrons. The number of hydrogen-bond acceptors (Lipinski definition) is 2. The van der Waals surface area contributed by atoms with Crippen molar-refractivity contribution in [1.29, 1.82) is 0 Å². The van der Waals surface area contributed by atoms with Gasteiger partial charge in [-0.05, 0) is 82.3 Å². The van der Waals surface area contributed by atoms with Gasteiger partial charge in [0.2, 0.25) is 0 Å². The number of likely N-dealkylation sites (tertiary alicyclic amines) is 1. The quantitative estimate of drug-likeness (QED) is 0.481. The predicted octanol–water partition coefficient (Wildman–Crippen LogP) is 3.70. The fraction of sp³-hybridized carbons (Fsp3) is 0.609. The molecule has 3 N–H and O–H groups in total. The van der Waals surface area contributed by atoms with E-state index in [4.69, 9.17) is 4.99 Å². The van der Waals surface area contributed by atoms with Crippen molar-refractivity contribution in [1.82, 2.24) is 20.5 Å². The Hall–Kier alpha value is -2.01. The lowest BCUT2D eigenvalue weighted by atomic mass is 9.94. The molecule has 0 saturated carbocycles. The third-order valence-electron chi connectivity index (χ3n) is 5.92. The average molecular weight is 384 g/mol. The number of hydrogen-bond donors (Lipinski definition) is 3. The summed E-state index contributed by atoms with van der Waals surface area (Å²) in [7, 11) is 0. The standard InChI is InChI=1S/C23H37N5/c1-4-24-23(25-12-8-19-10-14-28(5-2)15-11-19)26-13-9-20-17-27-22-16-18(3)6-7-21(20)22/h6-7,16-17,19,27H,4-5,8-15H2,1-3H3,(H2,24,25,26). The molecule has 2 heterocycles. The third-order valence-corrected chi connectivity index (χ3v) is 5.92. The van der Waals surface area contributed by atoms with E-state index < -0.39 is 0 Å². The van der Waals surface area contributed by atoms with Crippen LogP contribution in [0.25, 0.3) is 10.9 Å². The Kier molecular flexibility index (Phi) is 7.78. The largest absolute Gasteiger partial charge is 0.361 e. The van der Waals surface area contributed by atoms with E-state index in [2.05, 4.69) is 65.7 Å². The first-order chi connectivity index (χ1) is 13.7. The zero-order valence-electron chi connectivity index (χ0n) is 17.9. The smallest absolute Gasteiger partial charge is 0.191 e. The number of rotatable bonds is 8. The van der Waals surface area contributed by atoms with Crippen molar-refractivity contribution in [2.24, 2.45) is 10.9 Å². The Morgan fingerprint density at radius 1 is 1.21 bits per heavy atom. The molecule has 2 aromatic rings. The van der Waals surface area contributed by atoms with Gasteiger partial charge in [-0.1, -0.05) is 19.1 Å². The summed E-state index contributed by atoms with van der Waals surface area (Å²) in [5, 5.41) is 8.22. The first-order valence-corrected chi connectivity index (χ1v) is 11.0. The van der Waals surface area contributed by atoms with Crippen LogP contribution in [0.3, 0.4) is 0 Å². The number of aryl methyl sites for hydroxylation is 1. The maximum absolute atomic E-state index is 4.81. The molecule has 1 fully saturated rings. The summed E-state index contributed by atoms with van der Waals surface area (Å²) in [6.07, 6.45) is 6.98. The van der Waals surface area contributed by atoms with Gasteiger partial charge in [-0.2, -0.15) is 0 Å². The van der Waals surface area contributed by atoms with Crippen molar-refractivity contribution in [3.63, 3.8) is 0 Å². The van der Waals surface area contributed by atoms with Crippen LogP contribution in [0, 0.1) is 12.8 Å². The van der Waals surface area contributed by atoms with Gasteiger partial charge in [0.25, 0.3) is 0 Å². The van der Waals surface area contributed by atoms with Gasteiger partial charge < -0.3 is 20.5 Å². The number of fused-ring (bicyclic) bond motifs is 1. The molecule has 0 bridgehead atoms. The summed E-state index contributed by atoms with van der Waals surface area (Å²) in [5.41, 5.74) is 3.88. The minimum Gasteiger partial charge on any atom is -0.361 e. The lowest BCUT2D eigenvalue weighted by Gasteiger charge is -2.30. The Bertz CT molecular complexity index is 755. The summed E-state index contributed by atoms with van der Waals surface area (Å²) in [6.45, 7) is 12.9. The summed E-state index contributed by atoms with van der Waals surface area (Å²) in [5.74, 6) is 1.79. The van der Waals surface area contributed by atoms with Gasteiger partial charge in [-0.3, -0.25) is 4.99 Å². The van der Waals surface area contributed by atoms with Gasteiger partial charge in [-0.25, -0.2) is 0 Å². The molecule has 0 spiro atoms. The third kappa shape index (κ3) is 5.74. The number of aromatic nitrogens is 1. The van der Waals surface area contributed by atoms with E-state index in [1.165, 1.54) is 60.9 Å². The van der Waals surface area contributed by atoms with Crippen LogP contribution < -0.4 is 10.6 Å². The van der Waals surface area contributed by atoms with Crippen LogP contribution in [-0.2, 0) is 6.42 Å². The van der Waals surface area contributed by atoms with E-state index in [0.29, 0.717) is 0 Å². The molecule has 1 aromatic carbocycles. The van der Waals surface area contributed by atoms with Gasteiger partial charge >= 0.3 is 0 Å². The second kappa shape index (κ2) is 10.5. The molecular weight excluding hydrogens is 346 g/mol. The zero-order chi connectivity index (χ0) is 19.8. The first kappa shape index (κ1) is 20.7. The van der Waals surface area contributed by atoms with Gasteiger partial charge in [0.15, 0.2) is 5.96 Å². The van der Waals surface area contributed by atoms with Crippen LogP contribution in [0.4, 0.5) is 0 Å². The van der Waals surface area contributed by atoms with Crippen LogP contribution in [0.15, 0.2) is 29.4 Å². The van der Waals surface area contributed by atoms with Gasteiger partial charge in [0.05, 0.1) is 0 Å². The summed E-state index contributed by atoms with van der Waals surface area (Å²) < 4.78 is 0. The van der Waals surface area contributed by atoms with E-state index in [1.807, 2.05) is 0 Å². The molecule has 1 aliphatic heterocycles. The number of H-pyrrole nitrogens is 1. The number of piperidine rings is 1. The molecule has 0 radical (unpaired) electrons. The lowest BCUT2D eigenvalue weighted by molar-refractivity contribution is 0.188. The van der Waals surface area contributed by atoms with Crippen molar-refractivity contribution in [3.8, 4) is 0 Å². The molecule has 3 rings (SSSR count). The van der Waals surface area contributed by atoms with E-state index in [0.717, 1.165) is 37.9 Å². The molecule has 1 aliphatic rings. The van der Waals surface area contributed by atoms with Crippen LogP contribution in [-0.4, -0.2) is 55.1 Å². The predicted molar refractivity (Wildman–Crippen MR) is 120 cm³/mol. The average Bonchev–Trinajstić information content (AvgIpc) is 3.10. The fourth-order valence-electron chi connectivity index (χ4n) is 4.11. The Morgan fingerprint density at radius 2 is 2.04 bits per heavy atom. The van der Waals surface area contributed by atoms with Crippen molar-refractivity contribution in [2.45, 2.75) is 46.5 Å². The molecule has 0 atom stereocenters. The van der Waals surface area contributed by atoms with Gasteiger partial charge in [-0.15, -0.1) is 0 Å². The number of benzene rings is 1. The zero-order valence-corrected chi connectivity index (χ0v) is 17.9. The maximum Gasteiger partial charge on any atom is 0.191 e. The summed E-state index contributed by atoms with van der Waals surface area (Å²) in [4.78, 5) is 10.8. The highest BCUT2D eigenvalue weighted by Crippen LogP contribution is 2.20. The number of aliphatic imine (C=N–C) groups is 1. The molecule has 1 aromatic heterocycles. The monoisotopic (exact) mass is 383 g/mol. The molecule has 5 heteroatoms. The van der Waals surface area contributed by atoms with E-state index >= 15 is 0 Å². The number of nitrogens with zero attached hydrogens (tertiary/aromatic N) is 2. The molecule has 1 saturated heterocycles. The highest BCUT2D eigenvalue weighted by atomic mass is 15.2. The number of nitrogens with one attached hydrogen (secondary N) is 3. The topological polar surface area (TPSA) is 55.5 Å². The molecule has 28 heavy (non-hydrogen) atoms. The van der Waals surface area contributed by atoms with Crippen LogP contribution >= 0.6 is 0 Å². The van der Waals surface area contributed by atoms with E-state index in [9.17, 15) is 0 Å². The first-order valence-electron chi connectivity index (χ1n) is 11.0. The van der Waals surface area contributed by atoms with Crippen LogP contribution in [0.2, 0.25) is 0 Å². The maximum atomic E-state index is 4.81. The molecule has 0 aliphatic carbocycles. The number of aromatic amines is 1. The van der Waals surface area contributed by atoms with Crippen molar-refractivity contribution in [2.75, 3.05) is 39.3 Å². The van der Waals surface area contributed by atoms with E-state index in [1.54, 1.807) is 0 Å². The van der Waals surface area contributed by atoms with Crippen LogP contribution in [0.1, 0.15) is 44.2 Å². The van der Waals surface area contributed by atoms with Crippen LogP contribution in [0.5, 0.6) is 0 Å². The fourth-order valence-corrected chi connectivity index (χ4v) is 4.11. The SMILES string of the molecule is CCNC(=NCCC1CCN(CC)CC1)NCCc1c[nH]c2cc(C)ccc12. The highest BCUT2D eigenvalue weighted by molar-refractivity contribution is 5.84. The molecule has 0 unspecified atom stereocenters. The minimum atomic E-state index is 0.837. The summed E-state index contributed by atoms with van der Waals surface area (Å²) >= 11 is 0. The minimum absolute atomic E-state index is 0.837. The van der Waals surface area contributed by atoms with Crippen molar-refractivity contribution in [3.05, 3.63) is 35.5 Å². The van der Waals surface area contributed by atoms with Crippen molar-refractivity contribution < 1.29 is 0 Å².